The Kier molecular flexibility index (Phi) is 3.42. The number of aromatic nitrogens is 4. The number of H-pyrrole nitrogens is 2. The van der Waals surface area contributed by atoms with E-state index in [1.807, 2.05) is 4.98 Å². The zero-order valence-electron chi connectivity index (χ0n) is 10.6. The van der Waals surface area contributed by atoms with Crippen LogP contribution >= 0.6 is 0 Å². The second-order valence-corrected chi connectivity index (χ2v) is 4.05. The smallest absolute Gasteiger partial charge is 0.337 e. The second kappa shape index (κ2) is 4.90. The Labute approximate surface area is 110 Å². The maximum Gasteiger partial charge on any atom is 0.337 e. The van der Waals surface area contributed by atoms with Gasteiger partial charge in [0, 0.05) is 7.05 Å². The number of nitrogens with one attached hydrogen (secondary N) is 2. The summed E-state index contributed by atoms with van der Waals surface area (Å²) >= 11 is 0. The molecule has 2 rings (SSSR count). The maximum atomic E-state index is 11.6. The van der Waals surface area contributed by atoms with Crippen molar-refractivity contribution in [3.05, 3.63) is 26.7 Å². The molecule has 0 aromatic carbocycles. The van der Waals surface area contributed by atoms with Crippen molar-refractivity contribution < 1.29 is 19.7 Å². The summed E-state index contributed by atoms with van der Waals surface area (Å²) in [7, 11) is 2.42. The number of aryl methyl sites for hydroxylation is 1. The third kappa shape index (κ3) is 2.10. The van der Waals surface area contributed by atoms with Gasteiger partial charge in [-0.3, -0.25) is 14.3 Å². The average molecular weight is 284 g/mol. The SMILES string of the molecule is COC(=O)C(O)C(O)c1nc2c([nH]1)c(=O)[nH]c(=O)n2C. The number of imidazole rings is 1. The first-order chi connectivity index (χ1) is 9.36. The maximum absolute atomic E-state index is 11.6. The molecule has 0 aliphatic rings. The van der Waals surface area contributed by atoms with Gasteiger partial charge in [0.05, 0.1) is 7.11 Å². The minimum absolute atomic E-state index is 0.00938. The van der Waals surface area contributed by atoms with E-state index in [1.165, 1.54) is 7.05 Å². The first-order valence-electron chi connectivity index (χ1n) is 5.49. The number of aliphatic hydroxyl groups excluding tert-OH is 2. The Balaban J connectivity index is 2.55. The van der Waals surface area contributed by atoms with Gasteiger partial charge in [-0.1, -0.05) is 0 Å². The number of fused-ring (bicyclic) bond motifs is 1. The van der Waals surface area contributed by atoms with E-state index in [0.29, 0.717) is 0 Å². The summed E-state index contributed by atoms with van der Waals surface area (Å²) in [5.41, 5.74) is -1.46. The number of esters is 1. The van der Waals surface area contributed by atoms with Crippen LogP contribution in [-0.4, -0.2) is 48.9 Å². The van der Waals surface area contributed by atoms with Crippen molar-refractivity contribution in [3.8, 4) is 0 Å². The zero-order valence-corrected chi connectivity index (χ0v) is 10.6. The van der Waals surface area contributed by atoms with Crippen molar-refractivity contribution >= 4 is 17.1 Å². The average Bonchev–Trinajstić information content (AvgIpc) is 2.88. The standard InChI is InChI=1S/C10H12N4O6/c1-14-7-3(8(17)13-10(14)19)11-6(12-7)4(15)5(16)9(18)20-2/h4-5,15-16H,1-2H3,(H,11,12)(H,13,17,19). The molecule has 2 heterocycles. The molecule has 10 heteroatoms. The van der Waals surface area contributed by atoms with Crippen LogP contribution in [0, 0.1) is 0 Å². The van der Waals surface area contributed by atoms with Crippen LogP contribution in [0.5, 0.6) is 0 Å². The highest BCUT2D eigenvalue weighted by molar-refractivity contribution is 5.75. The topological polar surface area (TPSA) is 150 Å². The van der Waals surface area contributed by atoms with Gasteiger partial charge < -0.3 is 19.9 Å². The molecule has 0 saturated carbocycles. The molecule has 4 N–H and O–H groups in total. The molecular formula is C10H12N4O6. The molecule has 0 amide bonds. The molecule has 0 saturated heterocycles. The van der Waals surface area contributed by atoms with E-state index >= 15 is 0 Å². The predicted octanol–water partition coefficient (Wildman–Crippen LogP) is -2.48. The van der Waals surface area contributed by atoms with Crippen LogP contribution in [0.15, 0.2) is 9.59 Å². The van der Waals surface area contributed by atoms with Crippen molar-refractivity contribution in [1.82, 2.24) is 19.5 Å². The fourth-order valence-corrected chi connectivity index (χ4v) is 1.66. The Bertz CT molecular complexity index is 772. The van der Waals surface area contributed by atoms with Crippen LogP contribution in [0.3, 0.4) is 0 Å². The van der Waals surface area contributed by atoms with E-state index < -0.39 is 29.4 Å². The molecule has 2 aromatic rings. The van der Waals surface area contributed by atoms with Gasteiger partial charge in [0.2, 0.25) is 0 Å². The Morgan fingerprint density at radius 1 is 1.35 bits per heavy atom. The summed E-state index contributed by atoms with van der Waals surface area (Å²) in [5.74, 6) is -1.29. The van der Waals surface area contributed by atoms with Gasteiger partial charge in [0.15, 0.2) is 11.8 Å². The molecule has 20 heavy (non-hydrogen) atoms. The molecule has 0 radical (unpaired) electrons. The largest absolute Gasteiger partial charge is 0.467 e. The van der Waals surface area contributed by atoms with E-state index in [4.69, 9.17) is 0 Å². The number of methoxy groups -OCH3 is 1. The highest BCUT2D eigenvalue weighted by Crippen LogP contribution is 2.16. The van der Waals surface area contributed by atoms with Gasteiger partial charge in [-0.25, -0.2) is 14.6 Å². The lowest BCUT2D eigenvalue weighted by atomic mass is 10.2. The molecule has 2 atom stereocenters. The summed E-state index contributed by atoms with van der Waals surface area (Å²) in [6, 6.07) is 0. The number of aromatic amines is 2. The minimum Gasteiger partial charge on any atom is -0.467 e. The van der Waals surface area contributed by atoms with Crippen molar-refractivity contribution in [2.24, 2.45) is 7.05 Å². The molecule has 0 aliphatic heterocycles. The van der Waals surface area contributed by atoms with Crippen LogP contribution < -0.4 is 11.2 Å². The predicted molar refractivity (Wildman–Crippen MR) is 64.9 cm³/mol. The summed E-state index contributed by atoms with van der Waals surface area (Å²) in [5, 5.41) is 19.3. The lowest BCUT2D eigenvalue weighted by Crippen LogP contribution is -2.29. The van der Waals surface area contributed by atoms with Gasteiger partial charge in [-0.2, -0.15) is 0 Å². The van der Waals surface area contributed by atoms with Crippen LogP contribution in [0.25, 0.3) is 11.2 Å². The Morgan fingerprint density at radius 3 is 2.60 bits per heavy atom. The quantitative estimate of drug-likeness (QED) is 0.455. The number of hydrogen-bond acceptors (Lipinski definition) is 7. The normalized spacial score (nSPS) is 14.2. The Hall–Kier alpha value is -2.46. The van der Waals surface area contributed by atoms with E-state index in [-0.39, 0.29) is 17.0 Å². The first kappa shape index (κ1) is 14.0. The molecule has 0 fully saturated rings. The zero-order chi connectivity index (χ0) is 15.0. The summed E-state index contributed by atoms with van der Waals surface area (Å²) in [6.45, 7) is 0. The fourth-order valence-electron chi connectivity index (χ4n) is 1.66. The van der Waals surface area contributed by atoms with Gasteiger partial charge in [0.1, 0.15) is 17.4 Å². The molecule has 10 nitrogen and oxygen atoms in total. The number of carbonyl (C=O) groups is 1. The highest BCUT2D eigenvalue weighted by atomic mass is 16.5. The number of hydrogen-bond donors (Lipinski definition) is 4. The van der Waals surface area contributed by atoms with E-state index in [1.54, 1.807) is 0 Å². The van der Waals surface area contributed by atoms with Crippen LogP contribution in [0.1, 0.15) is 11.9 Å². The van der Waals surface area contributed by atoms with Crippen molar-refractivity contribution in [3.63, 3.8) is 0 Å². The number of nitrogens with zero attached hydrogens (tertiary/aromatic N) is 2. The highest BCUT2D eigenvalue weighted by Gasteiger charge is 2.29. The fraction of sp³-hybridized carbons (Fsp3) is 0.400. The monoisotopic (exact) mass is 284 g/mol. The lowest BCUT2D eigenvalue weighted by Gasteiger charge is -2.12. The Morgan fingerprint density at radius 2 is 2.00 bits per heavy atom. The van der Waals surface area contributed by atoms with Crippen LogP contribution in [0.2, 0.25) is 0 Å². The third-order valence-electron chi connectivity index (χ3n) is 2.79. The molecule has 2 aromatic heterocycles. The summed E-state index contributed by atoms with van der Waals surface area (Å²) < 4.78 is 5.33. The van der Waals surface area contributed by atoms with Crippen LogP contribution in [-0.2, 0) is 16.6 Å². The molecule has 2 unspecified atom stereocenters. The molecule has 0 spiro atoms. The van der Waals surface area contributed by atoms with Crippen molar-refractivity contribution in [2.45, 2.75) is 12.2 Å². The van der Waals surface area contributed by atoms with Crippen molar-refractivity contribution in [2.75, 3.05) is 7.11 Å². The lowest BCUT2D eigenvalue weighted by molar-refractivity contribution is -0.157. The molecule has 108 valence electrons. The minimum atomic E-state index is -1.86. The van der Waals surface area contributed by atoms with Crippen LogP contribution in [0.4, 0.5) is 0 Å². The van der Waals surface area contributed by atoms with Gasteiger partial charge in [0.25, 0.3) is 5.56 Å². The molecule has 0 aliphatic carbocycles. The second-order valence-electron chi connectivity index (χ2n) is 4.05. The van der Waals surface area contributed by atoms with Crippen molar-refractivity contribution in [1.29, 1.82) is 0 Å². The van der Waals surface area contributed by atoms with E-state index in [2.05, 4.69) is 14.7 Å². The summed E-state index contributed by atoms with van der Waals surface area (Å²) in [4.78, 5) is 42.4. The number of aliphatic hydroxyl groups is 2. The van der Waals surface area contributed by atoms with Gasteiger partial charge in [-0.15, -0.1) is 0 Å². The van der Waals surface area contributed by atoms with Gasteiger partial charge in [-0.05, 0) is 0 Å². The van der Waals surface area contributed by atoms with E-state index in [9.17, 15) is 24.6 Å². The number of carbonyl (C=O) groups excluding carboxylic acids is 1. The molecular weight excluding hydrogens is 272 g/mol. The summed E-state index contributed by atoms with van der Waals surface area (Å²) in [6.07, 6.45) is -3.58. The molecule has 0 bridgehead atoms. The first-order valence-corrected chi connectivity index (χ1v) is 5.49. The number of ether oxygens (including phenoxy) is 1. The third-order valence-corrected chi connectivity index (χ3v) is 2.79. The van der Waals surface area contributed by atoms with Gasteiger partial charge >= 0.3 is 11.7 Å². The number of rotatable bonds is 3. The van der Waals surface area contributed by atoms with E-state index in [0.717, 1.165) is 11.7 Å².